The van der Waals surface area contributed by atoms with Crippen LogP contribution in [0, 0.1) is 0 Å². The lowest BCUT2D eigenvalue weighted by Crippen LogP contribution is -2.39. The third-order valence-corrected chi connectivity index (χ3v) is 3.82. The van der Waals surface area contributed by atoms with E-state index < -0.39 is 0 Å². The van der Waals surface area contributed by atoms with E-state index in [1.54, 1.807) is 18.4 Å². The first-order chi connectivity index (χ1) is 9.74. The summed E-state index contributed by atoms with van der Waals surface area (Å²) in [6.45, 7) is 5.39. The fraction of sp³-hybridized carbons (Fsp3) is 0.429. The molecule has 0 radical (unpaired) electrons. The number of nitrogens with one attached hydrogen (secondary N) is 1. The molecule has 0 aliphatic rings. The molecule has 0 spiro atoms. The number of hydrogen-bond donors (Lipinski definition) is 1. The van der Waals surface area contributed by atoms with Gasteiger partial charge in [-0.3, -0.25) is 9.39 Å². The molecule has 0 fully saturated rings. The van der Waals surface area contributed by atoms with Crippen LogP contribution in [-0.2, 0) is 6.54 Å². The number of guanidine groups is 1. The van der Waals surface area contributed by atoms with Gasteiger partial charge in [-0.2, -0.15) is 0 Å². The van der Waals surface area contributed by atoms with Crippen molar-refractivity contribution in [3.05, 3.63) is 36.1 Å². The van der Waals surface area contributed by atoms with Crippen molar-refractivity contribution in [2.24, 2.45) is 4.99 Å². The molecular weight excluding hydrogens is 397 g/mol. The van der Waals surface area contributed by atoms with Crippen molar-refractivity contribution in [2.45, 2.75) is 19.4 Å². The molecule has 5 nitrogen and oxygen atoms in total. The Hall–Kier alpha value is -1.09. The van der Waals surface area contributed by atoms with E-state index in [-0.39, 0.29) is 24.0 Å². The van der Waals surface area contributed by atoms with Crippen molar-refractivity contribution in [1.82, 2.24) is 19.6 Å². The summed E-state index contributed by atoms with van der Waals surface area (Å²) in [7, 11) is 3.85. The topological polar surface area (TPSA) is 44.9 Å². The van der Waals surface area contributed by atoms with E-state index in [0.717, 1.165) is 36.0 Å². The zero-order chi connectivity index (χ0) is 14.4. The zero-order valence-corrected chi connectivity index (χ0v) is 15.6. The number of hydrogen-bond acceptors (Lipinski definition) is 3. The average Bonchev–Trinajstić information content (AvgIpc) is 3.00. The van der Waals surface area contributed by atoms with Gasteiger partial charge >= 0.3 is 0 Å². The molecule has 2 heterocycles. The van der Waals surface area contributed by atoms with Crippen molar-refractivity contribution in [3.63, 3.8) is 0 Å². The standard InChI is InChI=1S/C14H21N5S.HI/c1-4-5-6-7-18(3)13(15-2)16-10-12-11-19-8-9-20-14(19)17-12;/h4,8-9,11H,1,5-7,10H2,2-3H3,(H,15,16);1H. The Kier molecular flexibility index (Phi) is 7.73. The number of halogens is 1. The average molecular weight is 419 g/mol. The highest BCUT2D eigenvalue weighted by atomic mass is 127. The smallest absolute Gasteiger partial charge is 0.193 e. The molecule has 0 aliphatic carbocycles. The Morgan fingerprint density at radius 3 is 3.10 bits per heavy atom. The molecule has 0 atom stereocenters. The minimum absolute atomic E-state index is 0. The van der Waals surface area contributed by atoms with Crippen LogP contribution < -0.4 is 5.32 Å². The Bertz CT molecular complexity index is 560. The Morgan fingerprint density at radius 1 is 1.62 bits per heavy atom. The number of fused-ring (bicyclic) bond motifs is 1. The first-order valence-electron chi connectivity index (χ1n) is 6.68. The van der Waals surface area contributed by atoms with Crippen LogP contribution in [0.3, 0.4) is 0 Å². The molecule has 0 amide bonds. The van der Waals surface area contributed by atoms with Gasteiger partial charge in [0.15, 0.2) is 10.9 Å². The van der Waals surface area contributed by atoms with Crippen LogP contribution in [-0.4, -0.2) is 40.9 Å². The minimum atomic E-state index is 0. The van der Waals surface area contributed by atoms with E-state index in [2.05, 4.69) is 26.8 Å². The summed E-state index contributed by atoms with van der Waals surface area (Å²) in [6.07, 6.45) is 8.12. The largest absolute Gasteiger partial charge is 0.351 e. The first-order valence-corrected chi connectivity index (χ1v) is 7.56. The van der Waals surface area contributed by atoms with Gasteiger partial charge < -0.3 is 10.2 Å². The third-order valence-electron chi connectivity index (χ3n) is 3.05. The van der Waals surface area contributed by atoms with Gasteiger partial charge in [0.25, 0.3) is 0 Å². The van der Waals surface area contributed by atoms with Crippen molar-refractivity contribution in [1.29, 1.82) is 0 Å². The van der Waals surface area contributed by atoms with Gasteiger partial charge in [0, 0.05) is 38.4 Å². The maximum atomic E-state index is 4.55. The van der Waals surface area contributed by atoms with E-state index in [9.17, 15) is 0 Å². The number of aliphatic imine (C=N–C) groups is 1. The predicted octanol–water partition coefficient (Wildman–Crippen LogP) is 2.99. The molecule has 2 aromatic heterocycles. The van der Waals surface area contributed by atoms with Crippen molar-refractivity contribution >= 4 is 46.2 Å². The molecule has 0 saturated heterocycles. The number of aromatic nitrogens is 2. The summed E-state index contributed by atoms with van der Waals surface area (Å²) in [5, 5.41) is 5.38. The third kappa shape index (κ3) is 4.99. The summed E-state index contributed by atoms with van der Waals surface area (Å²) in [6, 6.07) is 0. The van der Waals surface area contributed by atoms with E-state index in [4.69, 9.17) is 0 Å². The van der Waals surface area contributed by atoms with Crippen molar-refractivity contribution < 1.29 is 0 Å². The summed E-state index contributed by atoms with van der Waals surface area (Å²) in [5.41, 5.74) is 1.03. The number of rotatable bonds is 6. The lowest BCUT2D eigenvalue weighted by atomic mass is 10.3. The second-order valence-corrected chi connectivity index (χ2v) is 5.45. The monoisotopic (exact) mass is 419 g/mol. The summed E-state index contributed by atoms with van der Waals surface area (Å²) in [5.74, 6) is 0.894. The highest BCUT2D eigenvalue weighted by Crippen LogP contribution is 2.11. The van der Waals surface area contributed by atoms with Gasteiger partial charge in [0.05, 0.1) is 12.2 Å². The number of imidazole rings is 1. The molecule has 116 valence electrons. The van der Waals surface area contributed by atoms with Gasteiger partial charge in [-0.1, -0.05) is 6.08 Å². The van der Waals surface area contributed by atoms with Gasteiger partial charge in [-0.15, -0.1) is 41.9 Å². The normalized spacial score (nSPS) is 11.2. The SMILES string of the molecule is C=CCCCN(C)C(=NC)NCc1cn2ccsc2n1.I. The van der Waals surface area contributed by atoms with Crippen molar-refractivity contribution in [3.8, 4) is 0 Å². The fourth-order valence-electron chi connectivity index (χ4n) is 1.99. The van der Waals surface area contributed by atoms with Crippen LogP contribution in [0.1, 0.15) is 18.5 Å². The lowest BCUT2D eigenvalue weighted by Gasteiger charge is -2.21. The second kappa shape index (κ2) is 9.04. The van der Waals surface area contributed by atoms with E-state index >= 15 is 0 Å². The molecule has 0 aromatic carbocycles. The first kappa shape index (κ1) is 18.0. The molecule has 2 rings (SSSR count). The van der Waals surface area contributed by atoms with E-state index in [1.807, 2.05) is 35.3 Å². The highest BCUT2D eigenvalue weighted by molar-refractivity contribution is 14.0. The van der Waals surface area contributed by atoms with Crippen LogP contribution in [0.15, 0.2) is 35.4 Å². The Labute approximate surface area is 146 Å². The molecule has 7 heteroatoms. The number of thiazole rings is 1. The molecular formula is C14H22IN5S. The number of nitrogens with zero attached hydrogens (tertiary/aromatic N) is 4. The number of unbranched alkanes of at least 4 members (excludes halogenated alkanes) is 1. The zero-order valence-electron chi connectivity index (χ0n) is 12.5. The Morgan fingerprint density at radius 2 is 2.43 bits per heavy atom. The summed E-state index contributed by atoms with van der Waals surface area (Å²) < 4.78 is 2.04. The quantitative estimate of drug-likeness (QED) is 0.258. The molecule has 0 saturated carbocycles. The maximum Gasteiger partial charge on any atom is 0.193 e. The van der Waals surface area contributed by atoms with E-state index in [0.29, 0.717) is 6.54 Å². The van der Waals surface area contributed by atoms with Gasteiger partial charge in [-0.05, 0) is 12.8 Å². The van der Waals surface area contributed by atoms with Crippen LogP contribution >= 0.6 is 35.3 Å². The molecule has 0 unspecified atom stereocenters. The van der Waals surface area contributed by atoms with Crippen LogP contribution in [0.25, 0.3) is 4.96 Å². The molecule has 21 heavy (non-hydrogen) atoms. The molecule has 0 aliphatic heterocycles. The molecule has 2 aromatic rings. The maximum absolute atomic E-state index is 4.55. The summed E-state index contributed by atoms with van der Waals surface area (Å²) in [4.78, 5) is 12.0. The molecule has 0 bridgehead atoms. The summed E-state index contributed by atoms with van der Waals surface area (Å²) >= 11 is 1.64. The van der Waals surface area contributed by atoms with Crippen LogP contribution in [0.2, 0.25) is 0 Å². The van der Waals surface area contributed by atoms with Crippen LogP contribution in [0.5, 0.6) is 0 Å². The highest BCUT2D eigenvalue weighted by Gasteiger charge is 2.07. The van der Waals surface area contributed by atoms with Gasteiger partial charge in [0.2, 0.25) is 0 Å². The van der Waals surface area contributed by atoms with Gasteiger partial charge in [-0.25, -0.2) is 4.98 Å². The fourth-order valence-corrected chi connectivity index (χ4v) is 2.71. The van der Waals surface area contributed by atoms with E-state index in [1.165, 1.54) is 0 Å². The minimum Gasteiger partial charge on any atom is -0.351 e. The predicted molar refractivity (Wildman–Crippen MR) is 101 cm³/mol. The van der Waals surface area contributed by atoms with Crippen LogP contribution in [0.4, 0.5) is 0 Å². The van der Waals surface area contributed by atoms with Crippen molar-refractivity contribution in [2.75, 3.05) is 20.6 Å². The van der Waals surface area contributed by atoms with Gasteiger partial charge in [0.1, 0.15) is 0 Å². The Balaban J connectivity index is 0.00000220. The number of allylic oxidation sites excluding steroid dienone is 1. The lowest BCUT2D eigenvalue weighted by molar-refractivity contribution is 0.469. The molecule has 1 N–H and O–H groups in total. The second-order valence-electron chi connectivity index (χ2n) is 4.58.